The first kappa shape index (κ1) is 17.9. The summed E-state index contributed by atoms with van der Waals surface area (Å²) in [6.45, 7) is 10.2. The maximum atomic E-state index is 11.7. The second kappa shape index (κ2) is 6.89. The van der Waals surface area contributed by atoms with Gasteiger partial charge in [0, 0.05) is 18.2 Å². The normalized spacial score (nSPS) is 26.9. The van der Waals surface area contributed by atoms with E-state index in [0.717, 1.165) is 25.9 Å². The van der Waals surface area contributed by atoms with Gasteiger partial charge in [-0.1, -0.05) is 26.5 Å². The second-order valence-corrected chi connectivity index (χ2v) is 7.89. The molecular formula is C22H26N2O3. The molecule has 142 valence electrons. The molecule has 1 aromatic heterocycles. The van der Waals surface area contributed by atoms with E-state index in [2.05, 4.69) is 42.8 Å². The molecule has 4 rings (SSSR count). The van der Waals surface area contributed by atoms with Crippen LogP contribution in [0.1, 0.15) is 37.0 Å². The van der Waals surface area contributed by atoms with Gasteiger partial charge in [0.05, 0.1) is 12.5 Å². The molecule has 1 aromatic carbocycles. The summed E-state index contributed by atoms with van der Waals surface area (Å²) in [5.74, 6) is 1.10. The third-order valence-corrected chi connectivity index (χ3v) is 6.49. The average molecular weight is 366 g/mol. The molecule has 5 nitrogen and oxygen atoms in total. The molecule has 2 aliphatic rings. The Morgan fingerprint density at radius 3 is 3.07 bits per heavy atom. The van der Waals surface area contributed by atoms with E-state index in [-0.39, 0.29) is 5.41 Å². The van der Waals surface area contributed by atoms with Crippen molar-refractivity contribution >= 4 is 6.09 Å². The number of benzene rings is 1. The molecule has 2 bridgehead atoms. The summed E-state index contributed by atoms with van der Waals surface area (Å²) in [6, 6.07) is 8.60. The number of carbonyl (C=O) groups is 1. The van der Waals surface area contributed by atoms with Crippen molar-refractivity contribution in [3.8, 4) is 5.75 Å². The van der Waals surface area contributed by atoms with Crippen LogP contribution in [0, 0.1) is 5.92 Å². The van der Waals surface area contributed by atoms with Crippen LogP contribution in [0.15, 0.2) is 54.0 Å². The number of carbonyl (C=O) groups excluding carboxylic acids is 1. The minimum absolute atomic E-state index is 0.0828. The monoisotopic (exact) mass is 366 g/mol. The number of rotatable bonds is 4. The molecule has 5 heteroatoms. The Hall–Kier alpha value is -2.53. The van der Waals surface area contributed by atoms with E-state index in [0.29, 0.717) is 17.7 Å². The van der Waals surface area contributed by atoms with Crippen LogP contribution in [0.3, 0.4) is 0 Å². The number of ether oxygens (including phenoxy) is 1. The number of nitrogens with zero attached hydrogens (tertiary/aromatic N) is 1. The fourth-order valence-corrected chi connectivity index (χ4v) is 4.78. The molecule has 1 aliphatic carbocycles. The SMILES string of the molecule is C=CNC(=O)Oc1ccc2c(c1)[C@]1(C)CCN(Cc3ccoc3)[C@@H](C2)[C@H]1C. The van der Waals surface area contributed by atoms with E-state index in [1.165, 1.54) is 22.9 Å². The maximum absolute atomic E-state index is 11.7. The Bertz CT molecular complexity index is 845. The highest BCUT2D eigenvalue weighted by Crippen LogP contribution is 2.49. The molecule has 2 aromatic rings. The summed E-state index contributed by atoms with van der Waals surface area (Å²) in [5.41, 5.74) is 3.99. The number of nitrogens with one attached hydrogen (secondary N) is 1. The first-order valence-electron chi connectivity index (χ1n) is 9.49. The largest absolute Gasteiger partial charge is 0.472 e. The zero-order valence-electron chi connectivity index (χ0n) is 15.9. The summed E-state index contributed by atoms with van der Waals surface area (Å²) < 4.78 is 10.6. The second-order valence-electron chi connectivity index (χ2n) is 7.89. The van der Waals surface area contributed by atoms with Gasteiger partial charge in [-0.15, -0.1) is 0 Å². The topological polar surface area (TPSA) is 54.7 Å². The molecule has 0 radical (unpaired) electrons. The van der Waals surface area contributed by atoms with Gasteiger partial charge in [0.25, 0.3) is 0 Å². The molecule has 2 heterocycles. The standard InChI is InChI=1S/C22H26N2O3/c1-4-23-21(25)27-18-6-5-17-11-20-15(2)22(3,19(17)12-18)8-9-24(20)13-16-7-10-26-14-16/h4-7,10,12,14-15,20H,1,8-9,11,13H2,2-3H3,(H,23,25)/t15-,20+,22-/m1/s1. The molecule has 1 saturated heterocycles. The van der Waals surface area contributed by atoms with Gasteiger partial charge >= 0.3 is 6.09 Å². The summed E-state index contributed by atoms with van der Waals surface area (Å²) >= 11 is 0. The minimum atomic E-state index is -0.508. The zero-order valence-corrected chi connectivity index (χ0v) is 15.9. The lowest BCUT2D eigenvalue weighted by Crippen LogP contribution is -2.57. The lowest BCUT2D eigenvalue weighted by Gasteiger charge is -2.54. The van der Waals surface area contributed by atoms with Crippen molar-refractivity contribution in [2.45, 2.75) is 44.7 Å². The summed E-state index contributed by atoms with van der Waals surface area (Å²) in [7, 11) is 0. The van der Waals surface area contributed by atoms with Gasteiger partial charge in [-0.05, 0) is 66.2 Å². The van der Waals surface area contributed by atoms with Gasteiger partial charge in [0.2, 0.25) is 0 Å². The first-order chi connectivity index (χ1) is 13.0. The fourth-order valence-electron chi connectivity index (χ4n) is 4.78. The van der Waals surface area contributed by atoms with Gasteiger partial charge in [0.1, 0.15) is 5.75 Å². The number of hydrogen-bond donors (Lipinski definition) is 1. The van der Waals surface area contributed by atoms with E-state index in [1.807, 2.05) is 18.4 Å². The van der Waals surface area contributed by atoms with Gasteiger partial charge in [-0.3, -0.25) is 10.2 Å². The van der Waals surface area contributed by atoms with E-state index < -0.39 is 6.09 Å². The van der Waals surface area contributed by atoms with Crippen LogP contribution in [0.4, 0.5) is 4.79 Å². The van der Waals surface area contributed by atoms with E-state index in [4.69, 9.17) is 9.15 Å². The summed E-state index contributed by atoms with van der Waals surface area (Å²) in [4.78, 5) is 14.3. The van der Waals surface area contributed by atoms with Gasteiger partial charge in [-0.25, -0.2) is 4.79 Å². The summed E-state index contributed by atoms with van der Waals surface area (Å²) in [5, 5.41) is 2.45. The average Bonchev–Trinajstić information content (AvgIpc) is 3.14. The predicted molar refractivity (Wildman–Crippen MR) is 104 cm³/mol. The van der Waals surface area contributed by atoms with E-state index in [1.54, 1.807) is 6.26 Å². The van der Waals surface area contributed by atoms with Crippen LogP contribution in [0.5, 0.6) is 5.75 Å². The van der Waals surface area contributed by atoms with E-state index in [9.17, 15) is 4.79 Å². The van der Waals surface area contributed by atoms with Crippen molar-refractivity contribution < 1.29 is 13.9 Å². The highest BCUT2D eigenvalue weighted by Gasteiger charge is 2.48. The Kier molecular flexibility index (Phi) is 4.56. The van der Waals surface area contributed by atoms with Crippen molar-refractivity contribution in [2.75, 3.05) is 6.54 Å². The van der Waals surface area contributed by atoms with Crippen LogP contribution in [0.2, 0.25) is 0 Å². The van der Waals surface area contributed by atoms with Gasteiger partial charge in [-0.2, -0.15) is 0 Å². The van der Waals surface area contributed by atoms with Crippen LogP contribution in [-0.4, -0.2) is 23.6 Å². The van der Waals surface area contributed by atoms with Crippen molar-refractivity contribution in [1.29, 1.82) is 0 Å². The highest BCUT2D eigenvalue weighted by molar-refractivity contribution is 5.71. The van der Waals surface area contributed by atoms with E-state index >= 15 is 0 Å². The molecule has 1 fully saturated rings. The lowest BCUT2D eigenvalue weighted by atomic mass is 9.59. The van der Waals surface area contributed by atoms with Gasteiger partial charge < -0.3 is 9.15 Å². The number of hydrogen-bond acceptors (Lipinski definition) is 4. The first-order valence-corrected chi connectivity index (χ1v) is 9.49. The minimum Gasteiger partial charge on any atom is -0.472 e. The van der Waals surface area contributed by atoms with Crippen LogP contribution < -0.4 is 10.1 Å². The molecular weight excluding hydrogens is 340 g/mol. The molecule has 1 N–H and O–H groups in total. The smallest absolute Gasteiger partial charge is 0.416 e. The van der Waals surface area contributed by atoms with Crippen molar-refractivity contribution in [2.24, 2.45) is 5.92 Å². The molecule has 0 saturated carbocycles. The number of piperidine rings is 1. The molecule has 3 atom stereocenters. The van der Waals surface area contributed by atoms with Crippen molar-refractivity contribution in [1.82, 2.24) is 10.2 Å². The molecule has 0 unspecified atom stereocenters. The van der Waals surface area contributed by atoms with Crippen molar-refractivity contribution in [3.63, 3.8) is 0 Å². The third kappa shape index (κ3) is 3.16. The molecule has 27 heavy (non-hydrogen) atoms. The fraction of sp³-hybridized carbons (Fsp3) is 0.409. The number of furan rings is 1. The summed E-state index contributed by atoms with van der Waals surface area (Å²) in [6.07, 6.45) is 6.50. The molecule has 1 amide bonds. The zero-order chi connectivity index (χ0) is 19.0. The van der Waals surface area contributed by atoms with Crippen LogP contribution in [0.25, 0.3) is 0 Å². The highest BCUT2D eigenvalue weighted by atomic mass is 16.5. The third-order valence-electron chi connectivity index (χ3n) is 6.49. The Morgan fingerprint density at radius 2 is 2.33 bits per heavy atom. The maximum Gasteiger partial charge on any atom is 0.416 e. The van der Waals surface area contributed by atoms with Gasteiger partial charge in [0.15, 0.2) is 0 Å². The Labute approximate surface area is 160 Å². The Balaban J connectivity index is 1.61. The molecule has 1 aliphatic heterocycles. The quantitative estimate of drug-likeness (QED) is 0.879. The van der Waals surface area contributed by atoms with Crippen molar-refractivity contribution in [3.05, 3.63) is 66.3 Å². The number of likely N-dealkylation sites (tertiary alicyclic amines) is 1. The van der Waals surface area contributed by atoms with Crippen LogP contribution >= 0.6 is 0 Å². The predicted octanol–water partition coefficient (Wildman–Crippen LogP) is 4.24. The molecule has 0 spiro atoms. The Morgan fingerprint density at radius 1 is 1.48 bits per heavy atom. The number of fused-ring (bicyclic) bond motifs is 4. The lowest BCUT2D eigenvalue weighted by molar-refractivity contribution is 0.0257. The number of amides is 1. The van der Waals surface area contributed by atoms with Crippen LogP contribution in [-0.2, 0) is 18.4 Å².